The van der Waals surface area contributed by atoms with Gasteiger partial charge in [-0.25, -0.2) is 13.8 Å². The molecule has 1 heterocycles. The number of fused-ring (bicyclic) bond motifs is 1. The number of rotatable bonds is 4. The van der Waals surface area contributed by atoms with Crippen molar-refractivity contribution >= 4 is 11.9 Å². The van der Waals surface area contributed by atoms with Gasteiger partial charge in [0, 0.05) is 31.5 Å². The maximum Gasteiger partial charge on any atom is 0.248 e. The van der Waals surface area contributed by atoms with Crippen LogP contribution in [-0.4, -0.2) is 21.4 Å². The molecular weight excluding hydrogens is 276 g/mol. The number of aromatic nitrogens is 2. The quantitative estimate of drug-likeness (QED) is 0.928. The average Bonchev–Trinajstić information content (AvgIpc) is 2.73. The Hall–Kier alpha value is -1.46. The fraction of sp³-hybridized carbons (Fsp3) is 0.733. The van der Waals surface area contributed by atoms with E-state index in [2.05, 4.69) is 10.3 Å². The number of carbonyl (C=O) groups is 1. The van der Waals surface area contributed by atoms with E-state index in [9.17, 15) is 13.6 Å². The fourth-order valence-electron chi connectivity index (χ4n) is 3.40. The number of imidazole rings is 1. The summed E-state index contributed by atoms with van der Waals surface area (Å²) in [6.07, 6.45) is 4.08. The van der Waals surface area contributed by atoms with Crippen molar-refractivity contribution in [2.24, 2.45) is 5.92 Å². The highest BCUT2D eigenvalue weighted by atomic mass is 19.3. The molecular formula is C15H21F2N3O. The minimum Gasteiger partial charge on any atom is -0.314 e. The summed E-state index contributed by atoms with van der Waals surface area (Å²) in [6, 6.07) is 0. The van der Waals surface area contributed by atoms with Gasteiger partial charge >= 0.3 is 0 Å². The van der Waals surface area contributed by atoms with Crippen LogP contribution in [0.25, 0.3) is 0 Å². The van der Waals surface area contributed by atoms with Gasteiger partial charge in [-0.1, -0.05) is 0 Å². The molecule has 2 aliphatic carbocycles. The van der Waals surface area contributed by atoms with E-state index in [4.69, 9.17) is 0 Å². The topological polar surface area (TPSA) is 46.9 Å². The number of nitrogens with zero attached hydrogens (tertiary/aromatic N) is 2. The first-order valence-corrected chi connectivity index (χ1v) is 7.74. The van der Waals surface area contributed by atoms with Crippen LogP contribution >= 0.6 is 0 Å². The minimum absolute atomic E-state index is 0.164. The van der Waals surface area contributed by atoms with Crippen molar-refractivity contribution < 1.29 is 13.6 Å². The van der Waals surface area contributed by atoms with Crippen LogP contribution in [0.15, 0.2) is 0 Å². The van der Waals surface area contributed by atoms with Gasteiger partial charge in [0.1, 0.15) is 0 Å². The van der Waals surface area contributed by atoms with Gasteiger partial charge in [0.15, 0.2) is 0 Å². The van der Waals surface area contributed by atoms with E-state index in [-0.39, 0.29) is 31.1 Å². The summed E-state index contributed by atoms with van der Waals surface area (Å²) >= 11 is 0. The lowest BCUT2D eigenvalue weighted by molar-refractivity contribution is -0.129. The van der Waals surface area contributed by atoms with Crippen molar-refractivity contribution in [1.82, 2.24) is 9.55 Å². The molecule has 4 nitrogen and oxygen atoms in total. The Balaban J connectivity index is 1.64. The van der Waals surface area contributed by atoms with E-state index >= 15 is 0 Å². The van der Waals surface area contributed by atoms with Crippen LogP contribution in [0, 0.1) is 5.92 Å². The Morgan fingerprint density at radius 2 is 2.10 bits per heavy atom. The van der Waals surface area contributed by atoms with Crippen LogP contribution in [-0.2, 0) is 24.2 Å². The van der Waals surface area contributed by atoms with Crippen LogP contribution in [0.4, 0.5) is 14.7 Å². The zero-order chi connectivity index (χ0) is 15.0. The third kappa shape index (κ3) is 2.94. The van der Waals surface area contributed by atoms with Crippen molar-refractivity contribution in [2.45, 2.75) is 64.3 Å². The first-order valence-electron chi connectivity index (χ1n) is 7.74. The Labute approximate surface area is 122 Å². The summed E-state index contributed by atoms with van der Waals surface area (Å²) in [5.74, 6) is -2.38. The molecule has 1 aromatic heterocycles. The molecule has 1 saturated carbocycles. The smallest absolute Gasteiger partial charge is 0.248 e. The number of hydrogen-bond acceptors (Lipinski definition) is 2. The maximum atomic E-state index is 12.8. The molecule has 21 heavy (non-hydrogen) atoms. The van der Waals surface area contributed by atoms with Gasteiger partial charge in [-0.2, -0.15) is 0 Å². The summed E-state index contributed by atoms with van der Waals surface area (Å²) in [5.41, 5.74) is 2.29. The van der Waals surface area contributed by atoms with Crippen LogP contribution in [0.1, 0.15) is 50.4 Å². The van der Waals surface area contributed by atoms with Crippen molar-refractivity contribution in [3.8, 4) is 0 Å². The first-order chi connectivity index (χ1) is 9.98. The molecule has 0 bridgehead atoms. The molecule has 2 aliphatic rings. The normalized spacial score (nSPS) is 20.7. The molecule has 0 aromatic carbocycles. The second-order valence-corrected chi connectivity index (χ2v) is 6.16. The highest BCUT2D eigenvalue weighted by Gasteiger charge is 2.45. The summed E-state index contributed by atoms with van der Waals surface area (Å²) in [5, 5.41) is 2.81. The van der Waals surface area contributed by atoms with E-state index in [0.29, 0.717) is 5.95 Å². The Morgan fingerprint density at radius 3 is 2.76 bits per heavy atom. The first kappa shape index (κ1) is 14.5. The van der Waals surface area contributed by atoms with Crippen molar-refractivity contribution in [1.29, 1.82) is 0 Å². The number of hydrogen-bond donors (Lipinski definition) is 1. The fourth-order valence-corrected chi connectivity index (χ4v) is 3.40. The number of nitrogens with one attached hydrogen (secondary N) is 1. The number of anilines is 1. The van der Waals surface area contributed by atoms with E-state index in [0.717, 1.165) is 37.9 Å². The predicted molar refractivity (Wildman–Crippen MR) is 75.5 cm³/mol. The summed E-state index contributed by atoms with van der Waals surface area (Å²) < 4.78 is 27.6. The summed E-state index contributed by atoms with van der Waals surface area (Å²) in [7, 11) is 0. The van der Waals surface area contributed by atoms with Crippen molar-refractivity contribution in [2.75, 3.05) is 5.32 Å². The monoisotopic (exact) mass is 297 g/mol. The Kier molecular flexibility index (Phi) is 3.71. The highest BCUT2D eigenvalue weighted by Crippen LogP contribution is 2.44. The largest absolute Gasteiger partial charge is 0.314 e. The molecule has 1 N–H and O–H groups in total. The van der Waals surface area contributed by atoms with E-state index in [1.54, 1.807) is 0 Å². The molecule has 1 amide bonds. The van der Waals surface area contributed by atoms with Crippen molar-refractivity contribution in [3.63, 3.8) is 0 Å². The van der Waals surface area contributed by atoms with E-state index in [1.165, 1.54) is 5.69 Å². The Bertz CT molecular complexity index is 545. The lowest BCUT2D eigenvalue weighted by Crippen LogP contribution is -2.37. The van der Waals surface area contributed by atoms with E-state index in [1.807, 2.05) is 11.5 Å². The Morgan fingerprint density at radius 1 is 1.38 bits per heavy atom. The van der Waals surface area contributed by atoms with Crippen LogP contribution < -0.4 is 5.32 Å². The van der Waals surface area contributed by atoms with Crippen LogP contribution in [0.3, 0.4) is 0 Å². The molecule has 0 saturated heterocycles. The van der Waals surface area contributed by atoms with Gasteiger partial charge in [0.05, 0.1) is 5.69 Å². The number of aryl methyl sites for hydroxylation is 1. The van der Waals surface area contributed by atoms with Crippen LogP contribution in [0.2, 0.25) is 0 Å². The molecule has 0 spiro atoms. The number of alkyl halides is 2. The lowest BCUT2D eigenvalue weighted by atomic mass is 9.79. The molecule has 1 fully saturated rings. The summed E-state index contributed by atoms with van der Waals surface area (Å²) in [6.45, 7) is 2.79. The van der Waals surface area contributed by atoms with Gasteiger partial charge in [-0.15, -0.1) is 0 Å². The van der Waals surface area contributed by atoms with Gasteiger partial charge in [-0.05, 0) is 38.5 Å². The molecule has 0 aliphatic heterocycles. The zero-order valence-corrected chi connectivity index (χ0v) is 12.3. The lowest BCUT2D eigenvalue weighted by Gasteiger charge is -2.34. The summed E-state index contributed by atoms with van der Waals surface area (Å²) in [4.78, 5) is 16.5. The number of halogens is 2. The van der Waals surface area contributed by atoms with Gasteiger partial charge in [0.25, 0.3) is 0 Å². The minimum atomic E-state index is -2.56. The average molecular weight is 297 g/mol. The van der Waals surface area contributed by atoms with Crippen molar-refractivity contribution in [3.05, 3.63) is 11.4 Å². The molecule has 116 valence electrons. The predicted octanol–water partition coefficient (Wildman–Crippen LogP) is 3.16. The SMILES string of the molecule is CCn1c(NC(=O)CC2CC(F)(F)C2)nc2c1CCCC2. The zero-order valence-electron chi connectivity index (χ0n) is 12.3. The second kappa shape index (κ2) is 5.39. The molecule has 6 heteroatoms. The molecule has 0 radical (unpaired) electrons. The van der Waals surface area contributed by atoms with Crippen LogP contribution in [0.5, 0.6) is 0 Å². The van der Waals surface area contributed by atoms with Gasteiger partial charge in [0.2, 0.25) is 17.8 Å². The number of amides is 1. The maximum absolute atomic E-state index is 12.8. The van der Waals surface area contributed by atoms with Gasteiger partial charge in [-0.3, -0.25) is 10.1 Å². The molecule has 0 atom stereocenters. The van der Waals surface area contributed by atoms with E-state index < -0.39 is 5.92 Å². The highest BCUT2D eigenvalue weighted by molar-refractivity contribution is 5.89. The standard InChI is InChI=1S/C15H21F2N3O/c1-2-20-12-6-4-3-5-11(12)18-14(20)19-13(21)7-10-8-15(16,17)9-10/h10H,2-9H2,1H3,(H,18,19,21). The third-order valence-electron chi connectivity index (χ3n) is 4.45. The third-order valence-corrected chi connectivity index (χ3v) is 4.45. The molecule has 3 rings (SSSR count). The second-order valence-electron chi connectivity index (χ2n) is 6.16. The van der Waals surface area contributed by atoms with Gasteiger partial charge < -0.3 is 4.57 Å². The molecule has 0 unspecified atom stereocenters. The molecule has 1 aromatic rings. The number of carbonyl (C=O) groups excluding carboxylic acids is 1.